The van der Waals surface area contributed by atoms with Crippen molar-refractivity contribution < 1.29 is 8.42 Å². The number of hydrogen-bond donors (Lipinski definition) is 2. The van der Waals surface area contributed by atoms with Crippen molar-refractivity contribution in [3.05, 3.63) is 29.8 Å². The minimum absolute atomic E-state index is 0.0218. The van der Waals surface area contributed by atoms with Crippen LogP contribution in [0.2, 0.25) is 0 Å². The van der Waals surface area contributed by atoms with Gasteiger partial charge in [0, 0.05) is 12.1 Å². The van der Waals surface area contributed by atoms with E-state index in [1.165, 1.54) is 0 Å². The summed E-state index contributed by atoms with van der Waals surface area (Å²) in [5.41, 5.74) is 1.16. The topological polar surface area (TPSA) is 58.2 Å². The van der Waals surface area contributed by atoms with Gasteiger partial charge < -0.3 is 5.32 Å². The first-order valence-corrected chi connectivity index (χ1v) is 9.03. The summed E-state index contributed by atoms with van der Waals surface area (Å²) in [4.78, 5) is 0.349. The van der Waals surface area contributed by atoms with Crippen LogP contribution in [0.15, 0.2) is 29.2 Å². The molecule has 118 valence electrons. The summed E-state index contributed by atoms with van der Waals surface area (Å²) in [7, 11) is -3.42. The number of piperidine rings is 1. The van der Waals surface area contributed by atoms with Crippen LogP contribution in [0.3, 0.4) is 0 Å². The van der Waals surface area contributed by atoms with Crippen molar-refractivity contribution in [1.29, 1.82) is 0 Å². The van der Waals surface area contributed by atoms with Crippen molar-refractivity contribution in [2.24, 2.45) is 0 Å². The summed E-state index contributed by atoms with van der Waals surface area (Å²) < 4.78 is 27.7. The third kappa shape index (κ3) is 4.28. The summed E-state index contributed by atoms with van der Waals surface area (Å²) in [5, 5.41) is 3.33. The second kappa shape index (κ2) is 6.07. The highest BCUT2D eigenvalue weighted by molar-refractivity contribution is 7.89. The molecule has 4 nitrogen and oxygen atoms in total. The van der Waals surface area contributed by atoms with E-state index in [9.17, 15) is 8.42 Å². The average Bonchev–Trinajstić information content (AvgIpc) is 2.37. The maximum atomic E-state index is 12.4. The van der Waals surface area contributed by atoms with E-state index in [0.717, 1.165) is 24.9 Å². The lowest BCUT2D eigenvalue weighted by atomic mass is 9.87. The van der Waals surface area contributed by atoms with E-state index in [1.807, 2.05) is 12.1 Å². The van der Waals surface area contributed by atoms with Crippen molar-refractivity contribution in [2.75, 3.05) is 6.54 Å². The lowest BCUT2D eigenvalue weighted by molar-refractivity contribution is 0.361. The maximum Gasteiger partial charge on any atom is 0.240 e. The highest BCUT2D eigenvalue weighted by Gasteiger charge is 2.24. The van der Waals surface area contributed by atoms with Crippen molar-refractivity contribution >= 4 is 10.0 Å². The predicted molar refractivity (Wildman–Crippen MR) is 86.0 cm³/mol. The van der Waals surface area contributed by atoms with Crippen molar-refractivity contribution in [3.8, 4) is 0 Å². The van der Waals surface area contributed by atoms with Gasteiger partial charge in [-0.1, -0.05) is 32.9 Å². The van der Waals surface area contributed by atoms with Crippen LogP contribution in [-0.4, -0.2) is 27.0 Å². The van der Waals surface area contributed by atoms with Crippen LogP contribution in [0.5, 0.6) is 0 Å². The molecule has 2 atom stereocenters. The van der Waals surface area contributed by atoms with Crippen molar-refractivity contribution in [1.82, 2.24) is 10.0 Å². The van der Waals surface area contributed by atoms with Crippen molar-refractivity contribution in [3.63, 3.8) is 0 Å². The van der Waals surface area contributed by atoms with Gasteiger partial charge in [0.25, 0.3) is 0 Å². The van der Waals surface area contributed by atoms with Gasteiger partial charge in [-0.15, -0.1) is 0 Å². The van der Waals surface area contributed by atoms with Crippen LogP contribution >= 0.6 is 0 Å². The highest BCUT2D eigenvalue weighted by Crippen LogP contribution is 2.23. The Morgan fingerprint density at radius 1 is 1.19 bits per heavy atom. The van der Waals surface area contributed by atoms with Gasteiger partial charge in [-0.05, 0) is 49.4 Å². The summed E-state index contributed by atoms with van der Waals surface area (Å²) in [6.07, 6.45) is 1.67. The molecule has 0 saturated carbocycles. The van der Waals surface area contributed by atoms with Crippen LogP contribution in [-0.2, 0) is 15.4 Å². The minimum atomic E-state index is -3.42. The predicted octanol–water partition coefficient (Wildman–Crippen LogP) is 2.40. The van der Waals surface area contributed by atoms with Gasteiger partial charge in [-0.25, -0.2) is 13.1 Å². The van der Waals surface area contributed by atoms with Gasteiger partial charge in [-0.3, -0.25) is 0 Å². The van der Waals surface area contributed by atoms with E-state index in [4.69, 9.17) is 0 Å². The zero-order valence-electron chi connectivity index (χ0n) is 13.3. The molecule has 1 heterocycles. The molecule has 2 unspecified atom stereocenters. The monoisotopic (exact) mass is 310 g/mol. The fourth-order valence-corrected chi connectivity index (χ4v) is 3.94. The van der Waals surface area contributed by atoms with E-state index in [1.54, 1.807) is 12.1 Å². The molecule has 1 aliphatic heterocycles. The van der Waals surface area contributed by atoms with Gasteiger partial charge in [0.15, 0.2) is 0 Å². The molecule has 0 aromatic heterocycles. The molecule has 0 bridgehead atoms. The van der Waals surface area contributed by atoms with Gasteiger partial charge >= 0.3 is 0 Å². The Hall–Kier alpha value is -0.910. The van der Waals surface area contributed by atoms with Gasteiger partial charge in [-0.2, -0.15) is 0 Å². The molecular formula is C16H26N2O2S. The molecule has 0 aliphatic carbocycles. The van der Waals surface area contributed by atoms with Crippen LogP contribution in [0, 0.1) is 0 Å². The molecule has 1 aromatic rings. The summed E-state index contributed by atoms with van der Waals surface area (Å²) in [6, 6.07) is 7.59. The van der Waals surface area contributed by atoms with E-state index < -0.39 is 10.0 Å². The molecule has 0 spiro atoms. The van der Waals surface area contributed by atoms with Gasteiger partial charge in [0.2, 0.25) is 10.0 Å². The number of nitrogens with one attached hydrogen (secondary N) is 2. The molecule has 2 rings (SSSR count). The first-order valence-electron chi connectivity index (χ1n) is 7.55. The number of hydrogen-bond acceptors (Lipinski definition) is 3. The molecule has 1 fully saturated rings. The Kier molecular flexibility index (Phi) is 4.76. The lowest BCUT2D eigenvalue weighted by Crippen LogP contribution is -2.46. The fraction of sp³-hybridized carbons (Fsp3) is 0.625. The second-order valence-corrected chi connectivity index (χ2v) is 8.69. The number of benzene rings is 1. The molecule has 1 aromatic carbocycles. The molecular weight excluding hydrogens is 284 g/mol. The highest BCUT2D eigenvalue weighted by atomic mass is 32.2. The average molecular weight is 310 g/mol. The Labute approximate surface area is 128 Å². The van der Waals surface area contributed by atoms with Crippen LogP contribution in [0.4, 0.5) is 0 Å². The largest absolute Gasteiger partial charge is 0.314 e. The minimum Gasteiger partial charge on any atom is -0.314 e. The zero-order chi connectivity index (χ0) is 15.7. The Morgan fingerprint density at radius 3 is 2.33 bits per heavy atom. The second-order valence-electron chi connectivity index (χ2n) is 6.97. The Morgan fingerprint density at radius 2 is 1.81 bits per heavy atom. The molecule has 1 saturated heterocycles. The van der Waals surface area contributed by atoms with Gasteiger partial charge in [0.05, 0.1) is 4.90 Å². The smallest absolute Gasteiger partial charge is 0.240 e. The molecule has 1 aliphatic rings. The van der Waals surface area contributed by atoms with Gasteiger partial charge in [0.1, 0.15) is 0 Å². The summed E-state index contributed by atoms with van der Waals surface area (Å²) in [5.74, 6) is 0. The normalized spacial score (nSPS) is 24.0. The summed E-state index contributed by atoms with van der Waals surface area (Å²) in [6.45, 7) is 9.29. The van der Waals surface area contributed by atoms with Crippen molar-refractivity contribution in [2.45, 2.75) is 62.9 Å². The van der Waals surface area contributed by atoms with Crippen LogP contribution in [0.25, 0.3) is 0 Å². The molecule has 21 heavy (non-hydrogen) atoms. The van der Waals surface area contributed by atoms with E-state index in [2.05, 4.69) is 37.7 Å². The molecule has 2 N–H and O–H groups in total. The van der Waals surface area contributed by atoms with Crippen LogP contribution < -0.4 is 10.0 Å². The quantitative estimate of drug-likeness (QED) is 0.901. The third-order valence-electron chi connectivity index (χ3n) is 3.98. The lowest BCUT2D eigenvalue weighted by Gasteiger charge is -2.28. The number of rotatable bonds is 3. The Bertz CT molecular complexity index is 573. The van der Waals surface area contributed by atoms with Crippen LogP contribution in [0.1, 0.15) is 46.1 Å². The maximum absolute atomic E-state index is 12.4. The third-order valence-corrected chi connectivity index (χ3v) is 5.51. The fourth-order valence-electron chi connectivity index (χ4n) is 2.66. The summed E-state index contributed by atoms with van der Waals surface area (Å²) >= 11 is 0. The number of sulfonamides is 1. The Balaban J connectivity index is 2.12. The molecule has 0 radical (unpaired) electrons. The van der Waals surface area contributed by atoms with E-state index >= 15 is 0 Å². The molecule has 5 heteroatoms. The SMILES string of the molecule is CC1CC(NS(=O)(=O)c2ccc(C(C)(C)C)cc2)CCN1. The standard InChI is InChI=1S/C16H26N2O2S/c1-12-11-14(9-10-17-12)18-21(19,20)15-7-5-13(6-8-15)16(2,3)4/h5-8,12,14,17-18H,9-11H2,1-4H3. The molecule has 0 amide bonds. The van der Waals surface area contributed by atoms with E-state index in [-0.39, 0.29) is 11.5 Å². The first-order chi connectivity index (χ1) is 9.68. The van der Waals surface area contributed by atoms with E-state index in [0.29, 0.717) is 10.9 Å². The zero-order valence-corrected chi connectivity index (χ0v) is 14.1. The first kappa shape index (κ1) is 16.5.